The second-order valence-corrected chi connectivity index (χ2v) is 6.38. The molecule has 0 radical (unpaired) electrons. The van der Waals surface area contributed by atoms with Crippen LogP contribution in [0.5, 0.6) is 5.75 Å². The molecule has 1 unspecified atom stereocenters. The molecule has 1 aromatic heterocycles. The molecule has 1 aliphatic rings. The van der Waals surface area contributed by atoms with Gasteiger partial charge in [-0.2, -0.15) is 4.98 Å². The first kappa shape index (κ1) is 16.3. The zero-order chi connectivity index (χ0) is 18.1. The summed E-state index contributed by atoms with van der Waals surface area (Å²) in [4.78, 5) is 18.8. The first-order valence-corrected chi connectivity index (χ1v) is 8.49. The van der Waals surface area contributed by atoms with Crippen LogP contribution in [0.4, 0.5) is 5.69 Å². The van der Waals surface area contributed by atoms with E-state index in [0.29, 0.717) is 24.7 Å². The first-order chi connectivity index (χ1) is 12.7. The van der Waals surface area contributed by atoms with Crippen LogP contribution in [0.3, 0.4) is 0 Å². The first-order valence-electron chi connectivity index (χ1n) is 8.49. The molecule has 0 bridgehead atoms. The second-order valence-electron chi connectivity index (χ2n) is 6.38. The van der Waals surface area contributed by atoms with Crippen molar-refractivity contribution in [3.63, 3.8) is 0 Å². The molecular formula is C20H19N3O3. The van der Waals surface area contributed by atoms with E-state index in [1.165, 1.54) is 0 Å². The van der Waals surface area contributed by atoms with Crippen LogP contribution in [0.25, 0.3) is 11.5 Å². The van der Waals surface area contributed by atoms with E-state index in [-0.39, 0.29) is 11.8 Å². The molecular weight excluding hydrogens is 330 g/mol. The van der Waals surface area contributed by atoms with E-state index in [9.17, 15) is 4.79 Å². The van der Waals surface area contributed by atoms with Gasteiger partial charge in [0.2, 0.25) is 5.91 Å². The van der Waals surface area contributed by atoms with Crippen molar-refractivity contribution in [2.45, 2.75) is 19.3 Å². The van der Waals surface area contributed by atoms with Gasteiger partial charge in [0.25, 0.3) is 5.89 Å². The predicted molar refractivity (Wildman–Crippen MR) is 97.2 cm³/mol. The Kier molecular flexibility index (Phi) is 4.16. The lowest BCUT2D eigenvalue weighted by atomic mass is 10.1. The van der Waals surface area contributed by atoms with E-state index >= 15 is 0 Å². The van der Waals surface area contributed by atoms with Crippen molar-refractivity contribution >= 4 is 11.6 Å². The summed E-state index contributed by atoms with van der Waals surface area (Å²) in [7, 11) is 1.62. The highest BCUT2D eigenvalue weighted by Gasteiger charge is 2.35. The average molecular weight is 349 g/mol. The van der Waals surface area contributed by atoms with Gasteiger partial charge in [-0.15, -0.1) is 0 Å². The lowest BCUT2D eigenvalue weighted by molar-refractivity contribution is -0.117. The third kappa shape index (κ3) is 2.94. The second kappa shape index (κ2) is 6.63. The molecule has 132 valence electrons. The molecule has 0 spiro atoms. The number of carbonyl (C=O) groups excluding carboxylic acids is 1. The van der Waals surface area contributed by atoms with Crippen LogP contribution < -0.4 is 9.64 Å². The molecule has 0 N–H and O–H groups in total. The summed E-state index contributed by atoms with van der Waals surface area (Å²) in [6.45, 7) is 2.57. The Morgan fingerprint density at radius 1 is 1.15 bits per heavy atom. The highest BCUT2D eigenvalue weighted by molar-refractivity contribution is 5.97. The van der Waals surface area contributed by atoms with Crippen molar-refractivity contribution in [1.29, 1.82) is 0 Å². The minimum absolute atomic E-state index is 0.0714. The van der Waals surface area contributed by atoms with Crippen molar-refractivity contribution < 1.29 is 14.1 Å². The molecule has 4 rings (SSSR count). The molecule has 2 heterocycles. The van der Waals surface area contributed by atoms with Gasteiger partial charge < -0.3 is 14.2 Å². The average Bonchev–Trinajstić information content (AvgIpc) is 3.29. The maximum absolute atomic E-state index is 12.5. The predicted octanol–water partition coefficient (Wildman–Crippen LogP) is 3.57. The molecule has 1 saturated heterocycles. The fraction of sp³-hybridized carbons (Fsp3) is 0.250. The van der Waals surface area contributed by atoms with Crippen molar-refractivity contribution in [2.75, 3.05) is 18.6 Å². The van der Waals surface area contributed by atoms with E-state index < -0.39 is 0 Å². The molecule has 3 aromatic rings. The maximum Gasteiger partial charge on any atom is 0.257 e. The largest absolute Gasteiger partial charge is 0.497 e. The van der Waals surface area contributed by atoms with Crippen molar-refractivity contribution in [1.82, 2.24) is 10.1 Å². The number of methoxy groups -OCH3 is 1. The molecule has 6 heteroatoms. The van der Waals surface area contributed by atoms with Crippen LogP contribution in [0.15, 0.2) is 53.1 Å². The van der Waals surface area contributed by atoms with Gasteiger partial charge in [0.15, 0.2) is 5.82 Å². The van der Waals surface area contributed by atoms with Gasteiger partial charge in [-0.1, -0.05) is 23.4 Å². The fourth-order valence-electron chi connectivity index (χ4n) is 3.23. The third-order valence-electron chi connectivity index (χ3n) is 4.68. The highest BCUT2D eigenvalue weighted by Crippen LogP contribution is 2.33. The highest BCUT2D eigenvalue weighted by atomic mass is 16.5. The molecule has 26 heavy (non-hydrogen) atoms. The van der Waals surface area contributed by atoms with Gasteiger partial charge in [0.1, 0.15) is 5.75 Å². The molecule has 1 fully saturated rings. The quantitative estimate of drug-likeness (QED) is 0.720. The van der Waals surface area contributed by atoms with Gasteiger partial charge in [-0.05, 0) is 42.8 Å². The zero-order valence-electron chi connectivity index (χ0n) is 14.7. The monoisotopic (exact) mass is 349 g/mol. The summed E-state index contributed by atoms with van der Waals surface area (Å²) in [5, 5.41) is 4.11. The summed E-state index contributed by atoms with van der Waals surface area (Å²) in [6, 6.07) is 15.3. The minimum Gasteiger partial charge on any atom is -0.497 e. The lowest BCUT2D eigenvalue weighted by Gasteiger charge is -2.18. The Hall–Kier alpha value is -3.15. The van der Waals surface area contributed by atoms with E-state index in [4.69, 9.17) is 9.26 Å². The third-order valence-corrected chi connectivity index (χ3v) is 4.68. The normalized spacial score (nSPS) is 16.9. The lowest BCUT2D eigenvalue weighted by Crippen LogP contribution is -2.25. The standard InChI is InChI=1S/C20H19N3O3/c1-13-5-3-4-6-17(13)23-12-15(11-18(23)24)19-21-20(26-22-19)14-7-9-16(25-2)10-8-14/h3-10,15H,11-12H2,1-2H3. The topological polar surface area (TPSA) is 68.5 Å². The Morgan fingerprint density at radius 2 is 1.92 bits per heavy atom. The number of carbonyl (C=O) groups is 1. The molecule has 6 nitrogen and oxygen atoms in total. The smallest absolute Gasteiger partial charge is 0.257 e. The summed E-state index contributed by atoms with van der Waals surface area (Å²) in [6.07, 6.45) is 0.385. The van der Waals surface area contributed by atoms with Gasteiger partial charge in [-0.25, -0.2) is 0 Å². The number of amides is 1. The summed E-state index contributed by atoms with van der Waals surface area (Å²) in [5.74, 6) is 1.80. The van der Waals surface area contributed by atoms with Crippen LogP contribution in [-0.2, 0) is 4.79 Å². The Balaban J connectivity index is 1.55. The van der Waals surface area contributed by atoms with E-state index in [0.717, 1.165) is 22.6 Å². The fourth-order valence-corrected chi connectivity index (χ4v) is 3.23. The van der Waals surface area contributed by atoms with Crippen molar-refractivity contribution in [2.24, 2.45) is 0 Å². The number of aryl methyl sites for hydroxylation is 1. The molecule has 0 aliphatic carbocycles. The van der Waals surface area contributed by atoms with Gasteiger partial charge in [-0.3, -0.25) is 4.79 Å². The number of rotatable bonds is 4. The van der Waals surface area contributed by atoms with Crippen molar-refractivity contribution in [3.05, 3.63) is 59.9 Å². The van der Waals surface area contributed by atoms with E-state index in [2.05, 4.69) is 10.1 Å². The van der Waals surface area contributed by atoms with Crippen LogP contribution >= 0.6 is 0 Å². The molecule has 1 amide bonds. The Morgan fingerprint density at radius 3 is 2.65 bits per heavy atom. The van der Waals surface area contributed by atoms with Crippen LogP contribution in [0.1, 0.15) is 23.7 Å². The minimum atomic E-state index is -0.0714. The Labute approximate surface area is 151 Å². The maximum atomic E-state index is 12.5. The summed E-state index contributed by atoms with van der Waals surface area (Å²) >= 11 is 0. The number of para-hydroxylation sites is 1. The number of ether oxygens (including phenoxy) is 1. The van der Waals surface area contributed by atoms with E-state index in [1.807, 2.05) is 60.4 Å². The summed E-state index contributed by atoms with van der Waals surface area (Å²) in [5.41, 5.74) is 2.84. The molecule has 1 atom stereocenters. The number of hydrogen-bond acceptors (Lipinski definition) is 5. The van der Waals surface area contributed by atoms with E-state index in [1.54, 1.807) is 7.11 Å². The number of hydrogen-bond donors (Lipinski definition) is 0. The van der Waals surface area contributed by atoms with Gasteiger partial charge in [0.05, 0.1) is 7.11 Å². The number of anilines is 1. The van der Waals surface area contributed by atoms with Gasteiger partial charge in [0, 0.05) is 30.1 Å². The Bertz CT molecular complexity index is 933. The van der Waals surface area contributed by atoms with Crippen LogP contribution in [0.2, 0.25) is 0 Å². The number of benzene rings is 2. The molecule has 2 aromatic carbocycles. The molecule has 0 saturated carbocycles. The van der Waals surface area contributed by atoms with Crippen LogP contribution in [-0.4, -0.2) is 29.7 Å². The SMILES string of the molecule is COc1ccc(-c2nc(C3CC(=O)N(c4ccccc4C)C3)no2)cc1. The van der Waals surface area contributed by atoms with Crippen molar-refractivity contribution in [3.8, 4) is 17.2 Å². The van der Waals surface area contributed by atoms with Crippen LogP contribution in [0, 0.1) is 6.92 Å². The van der Waals surface area contributed by atoms with Gasteiger partial charge >= 0.3 is 0 Å². The molecule has 1 aliphatic heterocycles. The summed E-state index contributed by atoms with van der Waals surface area (Å²) < 4.78 is 10.6. The number of nitrogens with zero attached hydrogens (tertiary/aromatic N) is 3. The number of aromatic nitrogens is 2. The zero-order valence-corrected chi connectivity index (χ0v) is 14.7.